The molecule has 0 bridgehead atoms. The van der Waals surface area contributed by atoms with Gasteiger partial charge in [-0.25, -0.2) is 0 Å². The van der Waals surface area contributed by atoms with Crippen LogP contribution in [-0.4, -0.2) is 43.0 Å². The highest BCUT2D eigenvalue weighted by Gasteiger charge is 2.16. The van der Waals surface area contributed by atoms with E-state index in [2.05, 4.69) is 15.5 Å². The van der Waals surface area contributed by atoms with Crippen molar-refractivity contribution in [1.82, 2.24) is 20.1 Å². The van der Waals surface area contributed by atoms with Crippen LogP contribution in [-0.2, 0) is 16.1 Å². The predicted octanol–water partition coefficient (Wildman–Crippen LogP) is 1.07. The third kappa shape index (κ3) is 5.60. The van der Waals surface area contributed by atoms with Crippen LogP contribution < -0.4 is 5.32 Å². The van der Waals surface area contributed by atoms with Gasteiger partial charge in [0.25, 0.3) is 0 Å². The molecule has 0 spiro atoms. The Morgan fingerprint density at radius 1 is 1.35 bits per heavy atom. The smallest absolute Gasteiger partial charge is 0.313 e. The van der Waals surface area contributed by atoms with Crippen molar-refractivity contribution < 1.29 is 14.7 Å². The first-order chi connectivity index (χ1) is 9.19. The molecule has 1 amide bonds. The van der Waals surface area contributed by atoms with Crippen LogP contribution in [0.25, 0.3) is 0 Å². The average molecular weight is 300 g/mol. The molecule has 0 radical (unpaired) electrons. The summed E-state index contributed by atoms with van der Waals surface area (Å²) >= 11 is 1.10. The molecule has 0 aliphatic carbocycles. The van der Waals surface area contributed by atoms with Gasteiger partial charge in [0.1, 0.15) is 5.82 Å². The number of amides is 1. The Balaban J connectivity index is 2.61. The molecule has 0 unspecified atom stereocenters. The van der Waals surface area contributed by atoms with E-state index in [1.165, 1.54) is 0 Å². The quantitative estimate of drug-likeness (QED) is 0.763. The standard InChI is InChI=1S/C12H20N4O3S/c1-8-14-15-11(20-7-10(18)19)16(8)6-5-9(17)13-12(2,3)4/h5-7H2,1-4H3,(H,13,17)(H,18,19). The summed E-state index contributed by atoms with van der Waals surface area (Å²) < 4.78 is 1.76. The Kier molecular flexibility index (Phi) is 5.55. The molecule has 8 heteroatoms. The van der Waals surface area contributed by atoms with Gasteiger partial charge in [0.2, 0.25) is 5.91 Å². The number of carboxylic acid groups (broad SMARTS) is 1. The Labute approximate surface area is 122 Å². The van der Waals surface area contributed by atoms with Crippen molar-refractivity contribution >= 4 is 23.6 Å². The van der Waals surface area contributed by atoms with E-state index in [-0.39, 0.29) is 17.2 Å². The van der Waals surface area contributed by atoms with E-state index < -0.39 is 5.97 Å². The monoisotopic (exact) mass is 300 g/mol. The van der Waals surface area contributed by atoms with Gasteiger partial charge in [-0.15, -0.1) is 10.2 Å². The molecule has 2 N–H and O–H groups in total. The minimum absolute atomic E-state index is 0.0558. The van der Waals surface area contributed by atoms with Gasteiger partial charge in [-0.2, -0.15) is 0 Å². The molecule has 0 aliphatic heterocycles. The van der Waals surface area contributed by atoms with E-state index in [0.717, 1.165) is 11.8 Å². The third-order valence-corrected chi connectivity index (χ3v) is 3.25. The second-order valence-corrected chi connectivity index (χ2v) is 6.35. The first-order valence-corrected chi connectivity index (χ1v) is 7.23. The Hall–Kier alpha value is -1.57. The normalized spacial score (nSPS) is 11.4. The molecule has 1 heterocycles. The Morgan fingerprint density at radius 3 is 2.55 bits per heavy atom. The van der Waals surface area contributed by atoms with Crippen LogP contribution in [0.5, 0.6) is 0 Å². The SMILES string of the molecule is Cc1nnc(SCC(=O)O)n1CCC(=O)NC(C)(C)C. The molecule has 1 rings (SSSR count). The second-order valence-electron chi connectivity index (χ2n) is 5.41. The highest BCUT2D eigenvalue weighted by Crippen LogP contribution is 2.17. The van der Waals surface area contributed by atoms with E-state index >= 15 is 0 Å². The topological polar surface area (TPSA) is 97.1 Å². The fourth-order valence-electron chi connectivity index (χ4n) is 1.55. The summed E-state index contributed by atoms with van der Waals surface area (Å²) in [6.07, 6.45) is 0.302. The first-order valence-electron chi connectivity index (χ1n) is 6.24. The van der Waals surface area contributed by atoms with Crippen molar-refractivity contribution in [3.05, 3.63) is 5.82 Å². The molecule has 0 atom stereocenters. The predicted molar refractivity (Wildman–Crippen MR) is 75.6 cm³/mol. The Bertz CT molecular complexity index is 493. The summed E-state index contributed by atoms with van der Waals surface area (Å²) in [5.41, 5.74) is -0.264. The fourth-order valence-corrected chi connectivity index (χ4v) is 2.28. The summed E-state index contributed by atoms with van der Waals surface area (Å²) in [5, 5.41) is 19.9. The lowest BCUT2D eigenvalue weighted by Gasteiger charge is -2.20. The molecule has 0 saturated heterocycles. The second kappa shape index (κ2) is 6.74. The van der Waals surface area contributed by atoms with Gasteiger partial charge in [-0.3, -0.25) is 9.59 Å². The number of rotatable bonds is 6. The van der Waals surface area contributed by atoms with Crippen LogP contribution in [0.15, 0.2) is 5.16 Å². The Morgan fingerprint density at radius 2 is 2.00 bits per heavy atom. The van der Waals surface area contributed by atoms with Crippen molar-refractivity contribution in [2.75, 3.05) is 5.75 Å². The molecule has 1 aromatic heterocycles. The highest BCUT2D eigenvalue weighted by atomic mass is 32.2. The number of thioether (sulfide) groups is 1. The van der Waals surface area contributed by atoms with E-state index in [1.54, 1.807) is 11.5 Å². The summed E-state index contributed by atoms with van der Waals surface area (Å²) in [5.74, 6) is -0.374. The van der Waals surface area contributed by atoms with Crippen molar-refractivity contribution in [1.29, 1.82) is 0 Å². The van der Waals surface area contributed by atoms with Gasteiger partial charge in [0.05, 0.1) is 5.75 Å². The van der Waals surface area contributed by atoms with E-state index in [9.17, 15) is 9.59 Å². The maximum Gasteiger partial charge on any atom is 0.313 e. The van der Waals surface area contributed by atoms with Gasteiger partial charge in [0.15, 0.2) is 5.16 Å². The molecule has 0 saturated carbocycles. The van der Waals surface area contributed by atoms with Crippen molar-refractivity contribution in [3.63, 3.8) is 0 Å². The summed E-state index contributed by atoms with van der Waals surface area (Å²) in [4.78, 5) is 22.3. The van der Waals surface area contributed by atoms with Crippen LogP contribution in [0.4, 0.5) is 0 Å². The van der Waals surface area contributed by atoms with Crippen LogP contribution in [0.1, 0.15) is 33.0 Å². The summed E-state index contributed by atoms with van der Waals surface area (Å²) in [6, 6.07) is 0. The highest BCUT2D eigenvalue weighted by molar-refractivity contribution is 7.99. The van der Waals surface area contributed by atoms with Crippen LogP contribution >= 0.6 is 11.8 Å². The van der Waals surface area contributed by atoms with Gasteiger partial charge in [0, 0.05) is 18.5 Å². The zero-order chi connectivity index (χ0) is 15.3. The maximum absolute atomic E-state index is 11.8. The van der Waals surface area contributed by atoms with Crippen molar-refractivity contribution in [2.24, 2.45) is 0 Å². The molecule has 0 aromatic carbocycles. The molecule has 0 fully saturated rings. The lowest BCUT2D eigenvalue weighted by Crippen LogP contribution is -2.40. The third-order valence-electron chi connectivity index (χ3n) is 2.30. The largest absolute Gasteiger partial charge is 0.481 e. The van der Waals surface area contributed by atoms with Gasteiger partial charge >= 0.3 is 5.97 Å². The number of carbonyl (C=O) groups is 2. The number of aromatic nitrogens is 3. The van der Waals surface area contributed by atoms with Gasteiger partial charge < -0.3 is 15.0 Å². The zero-order valence-corrected chi connectivity index (χ0v) is 13.0. The van der Waals surface area contributed by atoms with Crippen LogP contribution in [0.2, 0.25) is 0 Å². The fraction of sp³-hybridized carbons (Fsp3) is 0.667. The summed E-state index contributed by atoms with van der Waals surface area (Å²) in [7, 11) is 0. The molecular formula is C12H20N4O3S. The number of nitrogens with zero attached hydrogens (tertiary/aromatic N) is 3. The number of nitrogens with one attached hydrogen (secondary N) is 1. The van der Waals surface area contributed by atoms with E-state index in [4.69, 9.17) is 5.11 Å². The average Bonchev–Trinajstić information content (AvgIpc) is 2.62. The number of hydrogen-bond donors (Lipinski definition) is 2. The molecule has 112 valence electrons. The first kappa shape index (κ1) is 16.5. The van der Waals surface area contributed by atoms with Crippen LogP contribution in [0, 0.1) is 6.92 Å². The van der Waals surface area contributed by atoms with Crippen molar-refractivity contribution in [2.45, 2.75) is 51.4 Å². The van der Waals surface area contributed by atoms with Crippen LogP contribution in [0.3, 0.4) is 0 Å². The number of aliphatic carboxylic acids is 1. The van der Waals surface area contributed by atoms with Crippen molar-refractivity contribution in [3.8, 4) is 0 Å². The molecule has 0 aliphatic rings. The summed E-state index contributed by atoms with van der Waals surface area (Å²) in [6.45, 7) is 7.97. The molecule has 20 heavy (non-hydrogen) atoms. The molecule has 7 nitrogen and oxygen atoms in total. The number of carboxylic acids is 1. The lowest BCUT2D eigenvalue weighted by molar-refractivity contribution is -0.134. The minimum Gasteiger partial charge on any atom is -0.481 e. The number of carbonyl (C=O) groups excluding carboxylic acids is 1. The minimum atomic E-state index is -0.910. The zero-order valence-electron chi connectivity index (χ0n) is 12.1. The lowest BCUT2D eigenvalue weighted by atomic mass is 10.1. The molecule has 1 aromatic rings. The number of hydrogen-bond acceptors (Lipinski definition) is 5. The number of aryl methyl sites for hydroxylation is 1. The molecular weight excluding hydrogens is 280 g/mol. The van der Waals surface area contributed by atoms with Gasteiger partial charge in [-0.1, -0.05) is 11.8 Å². The maximum atomic E-state index is 11.8. The van der Waals surface area contributed by atoms with E-state index in [0.29, 0.717) is 23.9 Å². The van der Waals surface area contributed by atoms with E-state index in [1.807, 2.05) is 20.8 Å². The van der Waals surface area contributed by atoms with Gasteiger partial charge in [-0.05, 0) is 27.7 Å².